The molecule has 0 radical (unpaired) electrons. The molecule has 0 unspecified atom stereocenters. The molecular weight excluding hydrogens is 194 g/mol. The standard InChI is InChI=1S/C10H21N3O2/c1-2-3-4-9(11)10(14)12-13-5-7-15-8-6-13/h9H,2-8,11H2,1H3,(H,12,14)/t9-/m0/s1. The van der Waals surface area contributed by atoms with Crippen molar-refractivity contribution in [2.45, 2.75) is 32.2 Å². The van der Waals surface area contributed by atoms with Gasteiger partial charge >= 0.3 is 0 Å². The normalized spacial score (nSPS) is 19.9. The summed E-state index contributed by atoms with van der Waals surface area (Å²) < 4.78 is 5.18. The third-order valence-corrected chi connectivity index (χ3v) is 2.48. The molecule has 5 nitrogen and oxygen atoms in total. The van der Waals surface area contributed by atoms with E-state index in [-0.39, 0.29) is 11.9 Å². The molecule has 1 heterocycles. The average Bonchev–Trinajstić information content (AvgIpc) is 2.27. The van der Waals surface area contributed by atoms with E-state index >= 15 is 0 Å². The largest absolute Gasteiger partial charge is 0.379 e. The Kier molecular flexibility index (Phi) is 5.60. The van der Waals surface area contributed by atoms with Crippen LogP contribution in [0.5, 0.6) is 0 Å². The van der Waals surface area contributed by atoms with Gasteiger partial charge in [0.2, 0.25) is 0 Å². The smallest absolute Gasteiger partial charge is 0.251 e. The molecule has 15 heavy (non-hydrogen) atoms. The quantitative estimate of drug-likeness (QED) is 0.670. The first kappa shape index (κ1) is 12.4. The van der Waals surface area contributed by atoms with Crippen molar-refractivity contribution in [3.63, 3.8) is 0 Å². The molecule has 5 heteroatoms. The summed E-state index contributed by atoms with van der Waals surface area (Å²) in [6.07, 6.45) is 2.82. The number of unbranched alkanes of at least 4 members (excludes halogenated alkanes) is 1. The van der Waals surface area contributed by atoms with Crippen LogP contribution in [0.25, 0.3) is 0 Å². The number of rotatable bonds is 5. The summed E-state index contributed by atoms with van der Waals surface area (Å²) in [6, 6.07) is -0.382. The van der Waals surface area contributed by atoms with E-state index in [9.17, 15) is 4.79 Å². The van der Waals surface area contributed by atoms with Crippen molar-refractivity contribution in [1.82, 2.24) is 10.4 Å². The van der Waals surface area contributed by atoms with Gasteiger partial charge in [0.25, 0.3) is 5.91 Å². The molecule has 0 aromatic rings. The first-order valence-corrected chi connectivity index (χ1v) is 5.62. The number of nitrogens with two attached hydrogens (primary N) is 1. The van der Waals surface area contributed by atoms with Crippen LogP contribution in [0, 0.1) is 0 Å². The van der Waals surface area contributed by atoms with Crippen molar-refractivity contribution in [3.8, 4) is 0 Å². The number of nitrogens with zero attached hydrogens (tertiary/aromatic N) is 1. The zero-order valence-electron chi connectivity index (χ0n) is 9.37. The summed E-state index contributed by atoms with van der Waals surface area (Å²) in [5.74, 6) is -0.0784. The van der Waals surface area contributed by atoms with Crippen LogP contribution in [0.2, 0.25) is 0 Å². The fraction of sp³-hybridized carbons (Fsp3) is 0.900. The van der Waals surface area contributed by atoms with E-state index in [4.69, 9.17) is 10.5 Å². The highest BCUT2D eigenvalue weighted by Gasteiger charge is 2.17. The van der Waals surface area contributed by atoms with E-state index in [1.807, 2.05) is 5.01 Å². The monoisotopic (exact) mass is 215 g/mol. The third-order valence-electron chi connectivity index (χ3n) is 2.48. The Morgan fingerprint density at radius 3 is 2.80 bits per heavy atom. The number of hydrazine groups is 1. The minimum atomic E-state index is -0.382. The molecule has 1 amide bonds. The average molecular weight is 215 g/mol. The zero-order valence-corrected chi connectivity index (χ0v) is 9.37. The second-order valence-corrected chi connectivity index (χ2v) is 3.82. The molecular formula is C10H21N3O2. The molecule has 0 spiro atoms. The summed E-state index contributed by atoms with van der Waals surface area (Å²) in [5, 5.41) is 1.87. The summed E-state index contributed by atoms with van der Waals surface area (Å²) in [7, 11) is 0. The highest BCUT2D eigenvalue weighted by atomic mass is 16.5. The van der Waals surface area contributed by atoms with Gasteiger partial charge < -0.3 is 10.5 Å². The number of morpholine rings is 1. The van der Waals surface area contributed by atoms with E-state index in [2.05, 4.69) is 12.3 Å². The predicted molar refractivity (Wildman–Crippen MR) is 58.0 cm³/mol. The van der Waals surface area contributed by atoms with Gasteiger partial charge in [-0.05, 0) is 6.42 Å². The number of ether oxygens (including phenoxy) is 1. The number of carbonyl (C=O) groups excluding carboxylic acids is 1. The predicted octanol–water partition coefficient (Wildman–Crippen LogP) is -0.133. The van der Waals surface area contributed by atoms with Gasteiger partial charge in [0.1, 0.15) is 0 Å². The Morgan fingerprint density at radius 2 is 2.20 bits per heavy atom. The minimum Gasteiger partial charge on any atom is -0.379 e. The molecule has 3 N–H and O–H groups in total. The van der Waals surface area contributed by atoms with Gasteiger partial charge in [-0.2, -0.15) is 0 Å². The molecule has 88 valence electrons. The van der Waals surface area contributed by atoms with Gasteiger partial charge in [-0.1, -0.05) is 19.8 Å². The van der Waals surface area contributed by atoms with Gasteiger partial charge in [0, 0.05) is 13.1 Å². The van der Waals surface area contributed by atoms with Crippen molar-refractivity contribution in [2.24, 2.45) is 5.73 Å². The lowest BCUT2D eigenvalue weighted by molar-refractivity contribution is -0.129. The van der Waals surface area contributed by atoms with Crippen LogP contribution in [0.15, 0.2) is 0 Å². The highest BCUT2D eigenvalue weighted by molar-refractivity contribution is 5.80. The van der Waals surface area contributed by atoms with Crippen LogP contribution in [0.3, 0.4) is 0 Å². The lowest BCUT2D eigenvalue weighted by atomic mass is 10.1. The lowest BCUT2D eigenvalue weighted by Gasteiger charge is -2.28. The molecule has 0 aliphatic carbocycles. The Bertz CT molecular complexity index is 193. The van der Waals surface area contributed by atoms with Crippen molar-refractivity contribution in [3.05, 3.63) is 0 Å². The summed E-state index contributed by atoms with van der Waals surface area (Å²) >= 11 is 0. The van der Waals surface area contributed by atoms with E-state index < -0.39 is 0 Å². The van der Waals surface area contributed by atoms with Gasteiger partial charge in [0.05, 0.1) is 19.3 Å². The number of nitrogens with one attached hydrogen (secondary N) is 1. The minimum absolute atomic E-state index is 0.0784. The molecule has 1 fully saturated rings. The van der Waals surface area contributed by atoms with Gasteiger partial charge in [0.15, 0.2) is 0 Å². The molecule has 1 aliphatic heterocycles. The van der Waals surface area contributed by atoms with Crippen LogP contribution in [-0.4, -0.2) is 43.3 Å². The van der Waals surface area contributed by atoms with Crippen LogP contribution in [-0.2, 0) is 9.53 Å². The number of hydrogen-bond acceptors (Lipinski definition) is 4. The topological polar surface area (TPSA) is 67.6 Å². The molecule has 1 atom stereocenters. The van der Waals surface area contributed by atoms with Crippen LogP contribution in [0.4, 0.5) is 0 Å². The Labute approximate surface area is 90.9 Å². The van der Waals surface area contributed by atoms with Gasteiger partial charge in [-0.25, -0.2) is 5.01 Å². The SMILES string of the molecule is CCCC[C@H](N)C(=O)NN1CCOCC1. The maximum atomic E-state index is 11.6. The van der Waals surface area contributed by atoms with Crippen molar-refractivity contribution in [2.75, 3.05) is 26.3 Å². The molecule has 0 aromatic heterocycles. The van der Waals surface area contributed by atoms with Crippen LogP contribution in [0.1, 0.15) is 26.2 Å². The molecule has 1 saturated heterocycles. The molecule has 0 bridgehead atoms. The lowest BCUT2D eigenvalue weighted by Crippen LogP contribution is -2.53. The van der Waals surface area contributed by atoms with E-state index in [1.165, 1.54) is 0 Å². The number of amides is 1. The fourth-order valence-corrected chi connectivity index (χ4v) is 1.47. The van der Waals surface area contributed by atoms with Crippen LogP contribution >= 0.6 is 0 Å². The molecule has 1 rings (SSSR count). The first-order valence-electron chi connectivity index (χ1n) is 5.62. The van der Waals surface area contributed by atoms with Crippen molar-refractivity contribution < 1.29 is 9.53 Å². The van der Waals surface area contributed by atoms with Crippen molar-refractivity contribution >= 4 is 5.91 Å². The fourth-order valence-electron chi connectivity index (χ4n) is 1.47. The zero-order chi connectivity index (χ0) is 11.1. The van der Waals surface area contributed by atoms with E-state index in [0.29, 0.717) is 13.2 Å². The second-order valence-electron chi connectivity index (χ2n) is 3.82. The Hall–Kier alpha value is -0.650. The van der Waals surface area contributed by atoms with Crippen molar-refractivity contribution in [1.29, 1.82) is 0 Å². The molecule has 0 aromatic carbocycles. The maximum Gasteiger partial charge on any atom is 0.251 e. The number of hydrogen-bond donors (Lipinski definition) is 2. The first-order chi connectivity index (χ1) is 7.24. The molecule has 1 aliphatic rings. The van der Waals surface area contributed by atoms with Gasteiger partial charge in [-0.3, -0.25) is 10.2 Å². The summed E-state index contributed by atoms with van der Waals surface area (Å²) in [6.45, 7) is 4.92. The summed E-state index contributed by atoms with van der Waals surface area (Å²) in [5.41, 5.74) is 8.57. The van der Waals surface area contributed by atoms with E-state index in [0.717, 1.165) is 32.4 Å². The Balaban J connectivity index is 2.20. The molecule has 0 saturated carbocycles. The summed E-state index contributed by atoms with van der Waals surface area (Å²) in [4.78, 5) is 11.6. The van der Waals surface area contributed by atoms with E-state index in [1.54, 1.807) is 0 Å². The number of carbonyl (C=O) groups is 1. The Morgan fingerprint density at radius 1 is 1.53 bits per heavy atom. The van der Waals surface area contributed by atoms with Gasteiger partial charge in [-0.15, -0.1) is 0 Å². The maximum absolute atomic E-state index is 11.6. The third kappa shape index (κ3) is 4.59. The van der Waals surface area contributed by atoms with Crippen LogP contribution < -0.4 is 11.2 Å². The highest BCUT2D eigenvalue weighted by Crippen LogP contribution is 1.99. The second kappa shape index (κ2) is 6.76.